The maximum absolute atomic E-state index is 13.3. The lowest BCUT2D eigenvalue weighted by Crippen LogP contribution is -2.42. The number of benzene rings is 1. The Morgan fingerprint density at radius 2 is 1.88 bits per heavy atom. The highest BCUT2D eigenvalue weighted by Gasteiger charge is 2.36. The Hall–Kier alpha value is -3.29. The number of pyridine rings is 1. The summed E-state index contributed by atoms with van der Waals surface area (Å²) in [5.74, 6) is 2.54. The smallest absolute Gasteiger partial charge is 0.253 e. The molecule has 32 heavy (non-hydrogen) atoms. The van der Waals surface area contributed by atoms with E-state index in [2.05, 4.69) is 19.7 Å². The van der Waals surface area contributed by atoms with Gasteiger partial charge in [-0.3, -0.25) is 14.6 Å². The van der Waals surface area contributed by atoms with Crippen molar-refractivity contribution in [1.82, 2.24) is 29.5 Å². The fraction of sp³-hybridized carbons (Fsp3) is 0.458. The van der Waals surface area contributed by atoms with Crippen molar-refractivity contribution in [2.24, 2.45) is 5.92 Å². The molecular weight excluding hydrogens is 404 g/mol. The highest BCUT2D eigenvalue weighted by molar-refractivity contribution is 5.98. The lowest BCUT2D eigenvalue weighted by molar-refractivity contribution is -0.134. The summed E-state index contributed by atoms with van der Waals surface area (Å²) in [7, 11) is 0. The van der Waals surface area contributed by atoms with Crippen molar-refractivity contribution < 1.29 is 9.59 Å². The van der Waals surface area contributed by atoms with Crippen molar-refractivity contribution in [1.29, 1.82) is 0 Å². The Balaban J connectivity index is 1.19. The van der Waals surface area contributed by atoms with Gasteiger partial charge in [0.15, 0.2) is 5.82 Å². The summed E-state index contributed by atoms with van der Waals surface area (Å²) in [5.41, 5.74) is 1.59. The van der Waals surface area contributed by atoms with E-state index in [0.29, 0.717) is 25.2 Å². The van der Waals surface area contributed by atoms with Crippen LogP contribution in [0.5, 0.6) is 0 Å². The first-order chi connectivity index (χ1) is 15.7. The molecule has 0 N–H and O–H groups in total. The van der Waals surface area contributed by atoms with Crippen molar-refractivity contribution in [3.05, 3.63) is 53.7 Å². The zero-order chi connectivity index (χ0) is 21.7. The van der Waals surface area contributed by atoms with Gasteiger partial charge in [-0.05, 0) is 49.9 Å². The van der Waals surface area contributed by atoms with Crippen molar-refractivity contribution in [2.45, 2.75) is 44.7 Å². The quantitative estimate of drug-likeness (QED) is 0.638. The predicted octanol–water partition coefficient (Wildman–Crippen LogP) is 2.60. The van der Waals surface area contributed by atoms with E-state index in [1.54, 1.807) is 6.20 Å². The average Bonchev–Trinajstić information content (AvgIpc) is 3.61. The van der Waals surface area contributed by atoms with E-state index in [4.69, 9.17) is 0 Å². The summed E-state index contributed by atoms with van der Waals surface area (Å²) < 4.78 is 2.18. The van der Waals surface area contributed by atoms with Crippen LogP contribution < -0.4 is 0 Å². The van der Waals surface area contributed by atoms with Gasteiger partial charge in [-0.15, -0.1) is 10.2 Å². The highest BCUT2D eigenvalue weighted by Crippen LogP contribution is 2.33. The Morgan fingerprint density at radius 1 is 0.969 bits per heavy atom. The minimum atomic E-state index is 0.0556. The summed E-state index contributed by atoms with van der Waals surface area (Å²) in [6, 6.07) is 9.58. The molecule has 2 aromatic heterocycles. The van der Waals surface area contributed by atoms with Crippen LogP contribution in [0, 0.1) is 5.92 Å². The third-order valence-electron chi connectivity index (χ3n) is 6.94. The van der Waals surface area contributed by atoms with Crippen molar-refractivity contribution in [3.63, 3.8) is 0 Å². The van der Waals surface area contributed by atoms with Crippen LogP contribution in [0.1, 0.15) is 53.6 Å². The molecule has 1 aromatic carbocycles. The molecule has 1 atom stereocenters. The molecule has 0 spiro atoms. The van der Waals surface area contributed by atoms with Crippen LogP contribution in [0.3, 0.4) is 0 Å². The lowest BCUT2D eigenvalue weighted by Gasteiger charge is -2.34. The predicted molar refractivity (Wildman–Crippen MR) is 118 cm³/mol. The number of amides is 2. The number of fused-ring (bicyclic) bond motifs is 2. The molecule has 3 aliphatic rings. The Bertz CT molecular complexity index is 1200. The first kappa shape index (κ1) is 19.4. The van der Waals surface area contributed by atoms with E-state index in [1.807, 2.05) is 40.1 Å². The molecule has 8 heteroatoms. The number of hydrogen-bond acceptors (Lipinski definition) is 5. The van der Waals surface area contributed by atoms with Crippen LogP contribution in [-0.2, 0) is 17.9 Å². The summed E-state index contributed by atoms with van der Waals surface area (Å²) in [5, 5.41) is 9.90. The monoisotopic (exact) mass is 430 g/mol. The molecule has 164 valence electrons. The topological polar surface area (TPSA) is 84.2 Å². The minimum absolute atomic E-state index is 0.0556. The number of likely N-dealkylation sites (tertiary alicyclic amines) is 1. The number of rotatable bonds is 3. The molecule has 6 rings (SSSR count). The van der Waals surface area contributed by atoms with E-state index in [9.17, 15) is 9.59 Å². The van der Waals surface area contributed by atoms with Gasteiger partial charge in [-0.25, -0.2) is 0 Å². The van der Waals surface area contributed by atoms with Crippen molar-refractivity contribution in [2.75, 3.05) is 19.6 Å². The fourth-order valence-corrected chi connectivity index (χ4v) is 5.02. The third-order valence-corrected chi connectivity index (χ3v) is 6.94. The van der Waals surface area contributed by atoms with E-state index in [-0.39, 0.29) is 23.7 Å². The second-order valence-electron chi connectivity index (χ2n) is 9.16. The van der Waals surface area contributed by atoms with E-state index < -0.39 is 0 Å². The maximum Gasteiger partial charge on any atom is 0.253 e. The second kappa shape index (κ2) is 7.69. The number of nitrogens with zero attached hydrogens (tertiary/aromatic N) is 6. The third kappa shape index (κ3) is 3.43. The molecule has 2 aliphatic heterocycles. The molecule has 8 nitrogen and oxygen atoms in total. The molecule has 1 saturated heterocycles. The largest absolute Gasteiger partial charge is 0.338 e. The number of carbonyl (C=O) groups is 2. The van der Waals surface area contributed by atoms with Gasteiger partial charge in [0.2, 0.25) is 5.91 Å². The Labute approximate surface area is 186 Å². The van der Waals surface area contributed by atoms with Crippen LogP contribution in [0.2, 0.25) is 0 Å². The Morgan fingerprint density at radius 3 is 2.75 bits per heavy atom. The SMILES string of the molecule is O=C(c1ccc2ncccc2c1)N1CCCC(c2nnc3n2CCN(C(=O)C2CC2)C3)C1. The van der Waals surface area contributed by atoms with E-state index >= 15 is 0 Å². The van der Waals surface area contributed by atoms with Gasteiger partial charge in [0.1, 0.15) is 5.82 Å². The van der Waals surface area contributed by atoms with Crippen LogP contribution in [-0.4, -0.2) is 61.0 Å². The fourth-order valence-electron chi connectivity index (χ4n) is 5.02. The van der Waals surface area contributed by atoms with Gasteiger partial charge in [-0.2, -0.15) is 0 Å². The Kier molecular flexibility index (Phi) is 4.66. The zero-order valence-electron chi connectivity index (χ0n) is 18.0. The van der Waals surface area contributed by atoms with Crippen molar-refractivity contribution >= 4 is 22.7 Å². The number of aromatic nitrogens is 4. The van der Waals surface area contributed by atoms with Crippen molar-refractivity contribution in [3.8, 4) is 0 Å². The first-order valence-corrected chi connectivity index (χ1v) is 11.5. The number of piperidine rings is 1. The molecule has 1 unspecified atom stereocenters. The van der Waals surface area contributed by atoms with Crippen LogP contribution in [0.15, 0.2) is 36.5 Å². The molecule has 0 radical (unpaired) electrons. The molecule has 1 saturated carbocycles. The average molecular weight is 431 g/mol. The van der Waals surface area contributed by atoms with Gasteiger partial charge in [-0.1, -0.05) is 6.07 Å². The van der Waals surface area contributed by atoms with Gasteiger partial charge < -0.3 is 14.4 Å². The van der Waals surface area contributed by atoms with E-state index in [1.165, 1.54) is 0 Å². The normalized spacial score (nSPS) is 20.9. The molecular formula is C24H26N6O2. The van der Waals surface area contributed by atoms with Gasteiger partial charge in [0.05, 0.1) is 12.1 Å². The van der Waals surface area contributed by atoms with Gasteiger partial charge in [0, 0.05) is 55.2 Å². The molecule has 2 amide bonds. The van der Waals surface area contributed by atoms with Crippen LogP contribution >= 0.6 is 0 Å². The molecule has 1 aliphatic carbocycles. The van der Waals surface area contributed by atoms with E-state index in [0.717, 1.165) is 61.3 Å². The molecule has 2 fully saturated rings. The summed E-state index contributed by atoms with van der Waals surface area (Å²) in [6.07, 6.45) is 5.74. The minimum Gasteiger partial charge on any atom is -0.338 e. The standard InChI is InChI=1S/C24H26N6O2/c31-23(16-5-6-16)29-11-12-30-21(15-29)26-27-22(30)19-4-2-10-28(14-19)24(32)18-7-8-20-17(13-18)3-1-9-25-20/h1,3,7-9,13,16,19H,2,4-6,10-12,14-15H2. The molecule has 4 heterocycles. The summed E-state index contributed by atoms with van der Waals surface area (Å²) in [4.78, 5) is 33.9. The van der Waals surface area contributed by atoms with Crippen LogP contribution in [0.4, 0.5) is 0 Å². The zero-order valence-corrected chi connectivity index (χ0v) is 18.0. The molecule has 0 bridgehead atoms. The second-order valence-corrected chi connectivity index (χ2v) is 9.16. The lowest BCUT2D eigenvalue weighted by atomic mass is 9.96. The first-order valence-electron chi connectivity index (χ1n) is 11.5. The summed E-state index contributed by atoms with van der Waals surface area (Å²) >= 11 is 0. The number of hydrogen-bond donors (Lipinski definition) is 0. The summed E-state index contributed by atoms with van der Waals surface area (Å²) in [6.45, 7) is 3.40. The van der Waals surface area contributed by atoms with Crippen LogP contribution in [0.25, 0.3) is 10.9 Å². The van der Waals surface area contributed by atoms with Gasteiger partial charge >= 0.3 is 0 Å². The van der Waals surface area contributed by atoms with Gasteiger partial charge in [0.25, 0.3) is 5.91 Å². The highest BCUT2D eigenvalue weighted by atomic mass is 16.2. The maximum atomic E-state index is 13.3. The molecule has 3 aromatic rings. The number of carbonyl (C=O) groups excluding carboxylic acids is 2.